The topological polar surface area (TPSA) is 37.8 Å². The molecule has 0 radical (unpaired) electrons. The summed E-state index contributed by atoms with van der Waals surface area (Å²) in [7, 11) is 0. The molecule has 3 aromatic rings. The van der Waals surface area contributed by atoms with Crippen LogP contribution in [0.2, 0.25) is 5.15 Å². The van der Waals surface area contributed by atoms with Gasteiger partial charge in [0.1, 0.15) is 0 Å². The number of anilines is 2. The molecule has 1 heterocycles. The summed E-state index contributed by atoms with van der Waals surface area (Å²) in [6.45, 7) is 0. The minimum absolute atomic E-state index is 0.249. The van der Waals surface area contributed by atoms with Crippen LogP contribution >= 0.6 is 27.5 Å². The number of halogens is 5. The maximum atomic E-state index is 12.6. The molecule has 0 unspecified atom stereocenters. The third-order valence-electron chi connectivity index (χ3n) is 3.17. The molecule has 0 aliphatic heterocycles. The van der Waals surface area contributed by atoms with Crippen LogP contribution in [0.5, 0.6) is 0 Å². The molecule has 3 nitrogen and oxygen atoms in total. The Morgan fingerprint density at radius 2 is 1.65 bits per heavy atom. The van der Waals surface area contributed by atoms with Gasteiger partial charge in [-0.15, -0.1) is 10.2 Å². The molecule has 8 heteroatoms. The molecule has 0 amide bonds. The Morgan fingerprint density at radius 3 is 2.30 bits per heavy atom. The van der Waals surface area contributed by atoms with E-state index in [1.807, 2.05) is 6.07 Å². The van der Waals surface area contributed by atoms with E-state index in [1.165, 1.54) is 12.1 Å². The third kappa shape index (κ3) is 3.40. The Labute approximate surface area is 142 Å². The summed E-state index contributed by atoms with van der Waals surface area (Å²) in [6, 6.07) is 10.1. The van der Waals surface area contributed by atoms with E-state index < -0.39 is 11.7 Å². The van der Waals surface area contributed by atoms with Gasteiger partial charge in [0.25, 0.3) is 0 Å². The summed E-state index contributed by atoms with van der Waals surface area (Å²) < 4.78 is 38.6. The second-order valence-electron chi connectivity index (χ2n) is 4.73. The molecule has 0 atom stereocenters. The smallest absolute Gasteiger partial charge is 0.338 e. The second kappa shape index (κ2) is 5.98. The highest BCUT2D eigenvalue weighted by molar-refractivity contribution is 9.10. The molecular weight excluding hydrogens is 395 g/mol. The number of fused-ring (bicyclic) bond motifs is 1. The van der Waals surface area contributed by atoms with Gasteiger partial charge in [0.05, 0.1) is 5.56 Å². The molecule has 1 N–H and O–H groups in total. The van der Waals surface area contributed by atoms with Crippen LogP contribution in [0.3, 0.4) is 0 Å². The van der Waals surface area contributed by atoms with Gasteiger partial charge in [-0.25, -0.2) is 0 Å². The van der Waals surface area contributed by atoms with Gasteiger partial charge in [0.15, 0.2) is 11.0 Å². The van der Waals surface area contributed by atoms with Gasteiger partial charge in [0.2, 0.25) is 0 Å². The van der Waals surface area contributed by atoms with E-state index in [0.717, 1.165) is 16.6 Å². The molecular formula is C15H8BrClF3N3. The molecule has 0 saturated carbocycles. The first-order valence-corrected chi connectivity index (χ1v) is 7.57. The lowest BCUT2D eigenvalue weighted by Gasteiger charge is -2.11. The quantitative estimate of drug-likeness (QED) is 0.588. The van der Waals surface area contributed by atoms with E-state index in [1.54, 1.807) is 12.1 Å². The van der Waals surface area contributed by atoms with Gasteiger partial charge in [-0.05, 0) is 42.5 Å². The van der Waals surface area contributed by atoms with Crippen LogP contribution in [0.1, 0.15) is 5.56 Å². The number of hydrogen-bond donors (Lipinski definition) is 1. The van der Waals surface area contributed by atoms with Gasteiger partial charge >= 0.3 is 6.18 Å². The Morgan fingerprint density at radius 1 is 0.957 bits per heavy atom. The SMILES string of the molecule is FC(F)(F)c1ccc(Nc2nnc(Cl)c3cc(Br)ccc23)cc1. The first-order valence-electron chi connectivity index (χ1n) is 6.40. The molecule has 1 aromatic heterocycles. The van der Waals surface area contributed by atoms with E-state index in [2.05, 4.69) is 31.4 Å². The van der Waals surface area contributed by atoms with E-state index in [-0.39, 0.29) is 5.15 Å². The Balaban J connectivity index is 1.97. The zero-order valence-electron chi connectivity index (χ0n) is 11.3. The summed E-state index contributed by atoms with van der Waals surface area (Å²) >= 11 is 9.38. The van der Waals surface area contributed by atoms with Crippen molar-refractivity contribution in [2.24, 2.45) is 0 Å². The van der Waals surface area contributed by atoms with Crippen molar-refractivity contribution in [3.05, 3.63) is 57.7 Å². The van der Waals surface area contributed by atoms with Crippen LogP contribution in [-0.2, 0) is 6.18 Å². The van der Waals surface area contributed by atoms with Crippen molar-refractivity contribution in [2.75, 3.05) is 5.32 Å². The van der Waals surface area contributed by atoms with Crippen LogP contribution < -0.4 is 5.32 Å². The maximum Gasteiger partial charge on any atom is 0.416 e. The average Bonchev–Trinajstić information content (AvgIpc) is 2.50. The van der Waals surface area contributed by atoms with Gasteiger partial charge in [-0.2, -0.15) is 13.2 Å². The zero-order chi connectivity index (χ0) is 16.6. The summed E-state index contributed by atoms with van der Waals surface area (Å²) in [5.41, 5.74) is -0.238. The van der Waals surface area contributed by atoms with Gasteiger partial charge < -0.3 is 5.32 Å². The molecule has 0 spiro atoms. The number of hydrogen-bond acceptors (Lipinski definition) is 3. The fourth-order valence-corrected chi connectivity index (χ4v) is 2.62. The molecule has 0 fully saturated rings. The van der Waals surface area contributed by atoms with Crippen molar-refractivity contribution < 1.29 is 13.2 Å². The molecule has 0 aliphatic rings. The van der Waals surface area contributed by atoms with Crippen molar-refractivity contribution in [1.82, 2.24) is 10.2 Å². The highest BCUT2D eigenvalue weighted by Crippen LogP contribution is 2.32. The van der Waals surface area contributed by atoms with Crippen LogP contribution in [0.25, 0.3) is 10.8 Å². The van der Waals surface area contributed by atoms with Gasteiger partial charge in [-0.3, -0.25) is 0 Å². The normalized spacial score (nSPS) is 11.7. The van der Waals surface area contributed by atoms with E-state index in [0.29, 0.717) is 22.3 Å². The first-order chi connectivity index (χ1) is 10.8. The van der Waals surface area contributed by atoms with Crippen molar-refractivity contribution >= 4 is 49.8 Å². The van der Waals surface area contributed by atoms with Crippen molar-refractivity contribution in [2.45, 2.75) is 6.18 Å². The van der Waals surface area contributed by atoms with Crippen LogP contribution in [0.15, 0.2) is 46.9 Å². The number of nitrogens with one attached hydrogen (secondary N) is 1. The molecule has 0 aliphatic carbocycles. The summed E-state index contributed by atoms with van der Waals surface area (Å²) in [5.74, 6) is 0.414. The van der Waals surface area contributed by atoms with E-state index in [4.69, 9.17) is 11.6 Å². The molecule has 118 valence electrons. The first kappa shape index (κ1) is 16.0. The predicted octanol–water partition coefficient (Wildman–Crippen LogP) is 5.81. The lowest BCUT2D eigenvalue weighted by molar-refractivity contribution is -0.137. The summed E-state index contributed by atoms with van der Waals surface area (Å²) in [5, 5.41) is 12.4. The summed E-state index contributed by atoms with van der Waals surface area (Å²) in [4.78, 5) is 0. The molecule has 23 heavy (non-hydrogen) atoms. The Kier molecular flexibility index (Phi) is 4.16. The molecule has 3 rings (SSSR count). The predicted molar refractivity (Wildman–Crippen MR) is 87.0 cm³/mol. The van der Waals surface area contributed by atoms with Crippen molar-refractivity contribution in [3.8, 4) is 0 Å². The van der Waals surface area contributed by atoms with Crippen molar-refractivity contribution in [3.63, 3.8) is 0 Å². The molecule has 0 bridgehead atoms. The number of rotatable bonds is 2. The van der Waals surface area contributed by atoms with E-state index in [9.17, 15) is 13.2 Å². The van der Waals surface area contributed by atoms with Crippen LogP contribution in [0, 0.1) is 0 Å². The third-order valence-corrected chi connectivity index (χ3v) is 3.94. The number of aromatic nitrogens is 2. The highest BCUT2D eigenvalue weighted by Gasteiger charge is 2.29. The average molecular weight is 403 g/mol. The molecule has 0 saturated heterocycles. The minimum Gasteiger partial charge on any atom is -0.338 e. The van der Waals surface area contributed by atoms with Crippen LogP contribution in [-0.4, -0.2) is 10.2 Å². The van der Waals surface area contributed by atoms with Gasteiger partial charge in [0, 0.05) is 20.9 Å². The van der Waals surface area contributed by atoms with Crippen molar-refractivity contribution in [1.29, 1.82) is 0 Å². The largest absolute Gasteiger partial charge is 0.416 e. The highest BCUT2D eigenvalue weighted by atomic mass is 79.9. The monoisotopic (exact) mass is 401 g/mol. The number of nitrogens with zero attached hydrogens (tertiary/aromatic N) is 2. The fraction of sp³-hybridized carbons (Fsp3) is 0.0667. The molecule has 2 aromatic carbocycles. The second-order valence-corrected chi connectivity index (χ2v) is 6.00. The standard InChI is InChI=1S/C15H8BrClF3N3/c16-9-3-6-11-12(7-9)13(17)22-23-14(11)21-10-4-1-8(2-5-10)15(18,19)20/h1-7H,(H,21,23). The zero-order valence-corrected chi connectivity index (χ0v) is 13.7. The maximum absolute atomic E-state index is 12.6. The number of benzene rings is 2. The Bertz CT molecular complexity index is 866. The minimum atomic E-state index is -4.36. The number of alkyl halides is 3. The van der Waals surface area contributed by atoms with Crippen LogP contribution in [0.4, 0.5) is 24.7 Å². The fourth-order valence-electron chi connectivity index (χ4n) is 2.07. The lowest BCUT2D eigenvalue weighted by atomic mass is 10.1. The Hall–Kier alpha value is -1.86. The lowest BCUT2D eigenvalue weighted by Crippen LogP contribution is -2.04. The van der Waals surface area contributed by atoms with E-state index >= 15 is 0 Å². The summed E-state index contributed by atoms with van der Waals surface area (Å²) in [6.07, 6.45) is -4.36. The van der Waals surface area contributed by atoms with Gasteiger partial charge in [-0.1, -0.05) is 27.5 Å².